The first kappa shape index (κ1) is 24.1. The molecule has 0 unspecified atom stereocenters. The van der Waals surface area contributed by atoms with E-state index in [1.165, 1.54) is 16.4 Å². The summed E-state index contributed by atoms with van der Waals surface area (Å²) in [6, 6.07) is 16.7. The number of carbonyl (C=O) groups is 1. The van der Waals surface area contributed by atoms with Crippen molar-refractivity contribution in [2.45, 2.75) is 43.7 Å². The van der Waals surface area contributed by atoms with Crippen LogP contribution in [0.4, 0.5) is 15.8 Å². The molecule has 7 nitrogen and oxygen atoms in total. The number of carboxylic acid groups (broad SMARTS) is 1. The Morgan fingerprint density at radius 1 is 1.25 bits per heavy atom. The number of hydrogen-bond donors (Lipinski definition) is 1. The summed E-state index contributed by atoms with van der Waals surface area (Å²) in [6.07, 6.45) is 2.49. The van der Waals surface area contributed by atoms with Crippen LogP contribution in [0.5, 0.6) is 5.75 Å². The minimum atomic E-state index is -3.93. The number of hydrogen-bond acceptors (Lipinski definition) is 5. The molecule has 0 aliphatic carbocycles. The molecule has 1 atom stereocenters. The van der Waals surface area contributed by atoms with Crippen LogP contribution in [0.2, 0.25) is 0 Å². The molecule has 0 saturated carbocycles. The van der Waals surface area contributed by atoms with Gasteiger partial charge >= 0.3 is 5.97 Å². The summed E-state index contributed by atoms with van der Waals surface area (Å²) in [5.41, 5.74) is 1.94. The third kappa shape index (κ3) is 3.96. The van der Waals surface area contributed by atoms with E-state index < -0.39 is 27.4 Å². The first-order valence-electron chi connectivity index (χ1n) is 11.7. The quantitative estimate of drug-likeness (QED) is 0.521. The molecule has 36 heavy (non-hydrogen) atoms. The Balaban J connectivity index is 1.75. The van der Waals surface area contributed by atoms with Crippen LogP contribution < -0.4 is 9.64 Å². The lowest BCUT2D eigenvalue weighted by molar-refractivity contribution is 0.0691. The molecule has 0 saturated heterocycles. The average molecular weight is 509 g/mol. The van der Waals surface area contributed by atoms with Crippen LogP contribution in [0.1, 0.15) is 42.1 Å². The van der Waals surface area contributed by atoms with Crippen molar-refractivity contribution in [3.05, 3.63) is 71.5 Å². The summed E-state index contributed by atoms with van der Waals surface area (Å²) in [5.74, 6) is -1.86. The minimum absolute atomic E-state index is 0.0367. The van der Waals surface area contributed by atoms with E-state index in [4.69, 9.17) is 4.74 Å². The molecule has 0 aromatic heterocycles. The molecular weight excluding hydrogens is 483 g/mol. The van der Waals surface area contributed by atoms with Crippen molar-refractivity contribution in [2.75, 3.05) is 18.5 Å². The Morgan fingerprint density at radius 3 is 2.75 bits per heavy atom. The molecule has 0 spiro atoms. The summed E-state index contributed by atoms with van der Waals surface area (Å²) in [4.78, 5) is 13.6. The number of fused-ring (bicyclic) bond motifs is 4. The van der Waals surface area contributed by atoms with Crippen molar-refractivity contribution in [3.63, 3.8) is 0 Å². The van der Waals surface area contributed by atoms with E-state index in [9.17, 15) is 22.7 Å². The second kappa shape index (κ2) is 9.12. The topological polar surface area (TPSA) is 87.2 Å². The van der Waals surface area contributed by atoms with Gasteiger partial charge in [-0.05, 0) is 48.4 Å². The highest BCUT2D eigenvalue weighted by Crippen LogP contribution is 2.46. The molecule has 1 N–H and O–H groups in total. The van der Waals surface area contributed by atoms with E-state index >= 15 is 0 Å². The summed E-state index contributed by atoms with van der Waals surface area (Å²) < 4.78 is 49.4. The smallest absolute Gasteiger partial charge is 0.338 e. The Kier molecular flexibility index (Phi) is 6.10. The summed E-state index contributed by atoms with van der Waals surface area (Å²) >= 11 is 0. The lowest BCUT2D eigenvalue weighted by Gasteiger charge is -2.29. The number of benzene rings is 2. The third-order valence-electron chi connectivity index (χ3n) is 6.83. The van der Waals surface area contributed by atoms with Gasteiger partial charge in [0.05, 0.1) is 16.9 Å². The zero-order valence-electron chi connectivity index (χ0n) is 19.9. The van der Waals surface area contributed by atoms with Gasteiger partial charge in [-0.15, -0.1) is 0 Å². The number of aromatic carboxylic acids is 1. The number of ether oxygens (including phenoxy) is 1. The maximum atomic E-state index is 14.3. The zero-order chi connectivity index (χ0) is 25.6. The largest absolute Gasteiger partial charge is 0.488 e. The molecule has 9 heteroatoms. The number of rotatable bonds is 5. The lowest BCUT2D eigenvalue weighted by atomic mass is 9.94. The van der Waals surface area contributed by atoms with Gasteiger partial charge in [0.2, 0.25) is 10.0 Å². The molecule has 2 aliphatic rings. The van der Waals surface area contributed by atoms with Gasteiger partial charge in [0.15, 0.2) is 0 Å². The number of sulfonamides is 1. The van der Waals surface area contributed by atoms with Gasteiger partial charge < -0.3 is 14.7 Å². The molecule has 2 aliphatic heterocycles. The maximum absolute atomic E-state index is 14.3. The monoisotopic (exact) mass is 508 g/mol. The molecule has 0 radical (unpaired) electrons. The fraction of sp³-hybridized carbons (Fsp3) is 0.296. The van der Waals surface area contributed by atoms with Gasteiger partial charge in [0.25, 0.3) is 0 Å². The molecular formula is C27H25FN2O5S. The van der Waals surface area contributed by atoms with E-state index in [-0.39, 0.29) is 17.5 Å². The maximum Gasteiger partial charge on any atom is 0.338 e. The fourth-order valence-corrected chi connectivity index (χ4v) is 6.39. The fourth-order valence-electron chi connectivity index (χ4n) is 4.82. The first-order chi connectivity index (χ1) is 17.2. The molecule has 3 aromatic carbocycles. The highest BCUT2D eigenvalue weighted by molar-refractivity contribution is 7.89. The Labute approximate surface area is 209 Å². The summed E-state index contributed by atoms with van der Waals surface area (Å²) in [5, 5.41) is 9.44. The number of unbranched alkanes of at least 4 members (excludes halogenated alkanes) is 1. The molecule has 3 aromatic rings. The molecule has 0 fully saturated rings. The van der Waals surface area contributed by atoms with Gasteiger partial charge in [-0.25, -0.2) is 17.6 Å². The van der Waals surface area contributed by atoms with E-state index in [0.717, 1.165) is 18.9 Å². The highest BCUT2D eigenvalue weighted by atomic mass is 32.2. The number of likely N-dealkylation sites (N-methyl/N-ethyl adjacent to an activating group) is 1. The molecule has 5 rings (SSSR count). The highest BCUT2D eigenvalue weighted by Gasteiger charge is 2.38. The normalized spacial score (nSPS) is 18.2. The second-order valence-corrected chi connectivity index (χ2v) is 11.0. The molecule has 0 amide bonds. The molecule has 186 valence electrons. The number of anilines is 2. The molecule has 0 bridgehead atoms. The van der Waals surface area contributed by atoms with Gasteiger partial charge in [0.1, 0.15) is 23.1 Å². The van der Waals surface area contributed by atoms with Crippen LogP contribution in [0, 0.1) is 17.9 Å². The Morgan fingerprint density at radius 2 is 2.06 bits per heavy atom. The van der Waals surface area contributed by atoms with Crippen molar-refractivity contribution in [3.8, 4) is 16.9 Å². The SMILES string of the molecule is CCCC[C@@H]1CN(c2c#cccc2)c2cc3c(cc2S(=O)(=O)N1C)-c1cc(C(=O)O)c(F)cc1CO3. The van der Waals surface area contributed by atoms with Crippen molar-refractivity contribution in [2.24, 2.45) is 0 Å². The Bertz CT molecular complexity index is 1440. The van der Waals surface area contributed by atoms with Gasteiger partial charge in [-0.1, -0.05) is 31.9 Å². The van der Waals surface area contributed by atoms with Crippen molar-refractivity contribution < 1.29 is 27.4 Å². The van der Waals surface area contributed by atoms with Gasteiger partial charge in [-0.2, -0.15) is 4.31 Å². The van der Waals surface area contributed by atoms with Gasteiger partial charge in [-0.3, -0.25) is 0 Å². The average Bonchev–Trinajstić information content (AvgIpc) is 2.94. The van der Waals surface area contributed by atoms with Crippen LogP contribution >= 0.6 is 0 Å². The van der Waals surface area contributed by atoms with Crippen LogP contribution in [0.3, 0.4) is 0 Å². The third-order valence-corrected chi connectivity index (χ3v) is 8.77. The minimum Gasteiger partial charge on any atom is -0.488 e. The number of halogens is 1. The van der Waals surface area contributed by atoms with Crippen LogP contribution in [-0.2, 0) is 16.6 Å². The Hall–Kier alpha value is -3.61. The number of carboxylic acids is 1. The summed E-state index contributed by atoms with van der Waals surface area (Å²) in [6.45, 7) is 2.52. The zero-order valence-corrected chi connectivity index (χ0v) is 20.7. The van der Waals surface area contributed by atoms with Crippen LogP contribution in [0.25, 0.3) is 11.1 Å². The first-order valence-corrected chi connectivity index (χ1v) is 13.2. The van der Waals surface area contributed by atoms with E-state index in [2.05, 4.69) is 19.1 Å². The van der Waals surface area contributed by atoms with E-state index in [1.807, 2.05) is 17.0 Å². The lowest BCUT2D eigenvalue weighted by Crippen LogP contribution is -2.40. The van der Waals surface area contributed by atoms with Crippen molar-refractivity contribution in [1.82, 2.24) is 4.31 Å². The standard InChI is InChI=1S/C27H25FN2O5S/c1-3-4-8-19-15-30(18-9-6-5-7-10-18)24-14-25-21(13-26(24)36(33,34)29(19)2)20-12-22(27(31)32)23(28)11-17(20)16-35-25/h5-6,9,11-14,19H,3-4,8,15-16H2,1-2H3,(H,31,32)/t19-/m1/s1. The predicted octanol–water partition coefficient (Wildman–Crippen LogP) is 5.01. The second-order valence-electron chi connectivity index (χ2n) is 9.01. The van der Waals surface area contributed by atoms with Gasteiger partial charge in [0, 0.05) is 36.8 Å². The summed E-state index contributed by atoms with van der Waals surface area (Å²) in [7, 11) is -2.34. The van der Waals surface area contributed by atoms with Crippen LogP contribution in [-0.4, -0.2) is 43.4 Å². The molecule has 2 heterocycles. The van der Waals surface area contributed by atoms with E-state index in [0.29, 0.717) is 46.8 Å². The predicted molar refractivity (Wildman–Crippen MR) is 133 cm³/mol. The van der Waals surface area contributed by atoms with E-state index in [1.54, 1.807) is 19.2 Å². The number of nitrogens with zero attached hydrogens (tertiary/aromatic N) is 2. The van der Waals surface area contributed by atoms with Crippen LogP contribution in [0.15, 0.2) is 47.4 Å². The van der Waals surface area contributed by atoms with Crippen molar-refractivity contribution in [1.29, 1.82) is 0 Å². The van der Waals surface area contributed by atoms with Crippen molar-refractivity contribution >= 4 is 27.4 Å².